The summed E-state index contributed by atoms with van der Waals surface area (Å²) in [4.78, 5) is 17.4. The van der Waals surface area contributed by atoms with Crippen LogP contribution in [-0.2, 0) is 6.54 Å². The van der Waals surface area contributed by atoms with Gasteiger partial charge in [0.25, 0.3) is 0 Å². The lowest BCUT2D eigenvalue weighted by Gasteiger charge is -2.35. The number of nitrogens with zero attached hydrogens (tertiary/aromatic N) is 5. The summed E-state index contributed by atoms with van der Waals surface area (Å²) < 4.78 is 5.50. The minimum absolute atomic E-state index is 0.287. The van der Waals surface area contributed by atoms with E-state index in [4.69, 9.17) is 10.5 Å². The van der Waals surface area contributed by atoms with Crippen molar-refractivity contribution in [3.05, 3.63) is 29.2 Å². The quantitative estimate of drug-likeness (QED) is 0.920. The summed E-state index contributed by atoms with van der Waals surface area (Å²) >= 11 is 0. The van der Waals surface area contributed by atoms with E-state index in [2.05, 4.69) is 24.8 Å². The molecular formula is C16H22N6O. The Morgan fingerprint density at radius 1 is 1.22 bits per heavy atom. The fourth-order valence-electron chi connectivity index (χ4n) is 2.94. The molecule has 7 heteroatoms. The van der Waals surface area contributed by atoms with Crippen LogP contribution in [0.3, 0.4) is 0 Å². The molecular weight excluding hydrogens is 292 g/mol. The summed E-state index contributed by atoms with van der Waals surface area (Å²) in [5.74, 6) is 2.04. The number of nitrogens with two attached hydrogens (primary N) is 1. The van der Waals surface area contributed by atoms with E-state index in [1.807, 2.05) is 27.1 Å². The number of aromatic nitrogens is 3. The van der Waals surface area contributed by atoms with Crippen LogP contribution in [0.1, 0.15) is 16.8 Å². The van der Waals surface area contributed by atoms with E-state index in [0.29, 0.717) is 6.54 Å². The fraction of sp³-hybridized carbons (Fsp3) is 0.438. The standard InChI is InChI=1S/C16H22N6O/c1-10-7-18-12(11(2)14(10)23-4)9-22-6-5-21(3)13-8-19-16(17)20-15(13)22/h7-8H,5-6,9H2,1-4H3,(H2,17,19,20). The first-order chi connectivity index (χ1) is 11.0. The molecule has 7 nitrogen and oxygen atoms in total. The Labute approximate surface area is 136 Å². The van der Waals surface area contributed by atoms with Crippen LogP contribution in [0.4, 0.5) is 17.5 Å². The Bertz CT molecular complexity index is 733. The highest BCUT2D eigenvalue weighted by atomic mass is 16.5. The van der Waals surface area contributed by atoms with Gasteiger partial charge in [-0.25, -0.2) is 4.98 Å². The van der Waals surface area contributed by atoms with Crippen LogP contribution in [-0.4, -0.2) is 42.2 Å². The van der Waals surface area contributed by atoms with Gasteiger partial charge in [0.05, 0.1) is 31.2 Å². The molecule has 0 unspecified atom stereocenters. The number of pyridine rings is 1. The normalized spacial score (nSPS) is 13.9. The molecule has 0 aromatic carbocycles. The molecule has 0 aliphatic carbocycles. The first-order valence-electron chi connectivity index (χ1n) is 7.59. The minimum Gasteiger partial charge on any atom is -0.496 e. The average molecular weight is 314 g/mol. The summed E-state index contributed by atoms with van der Waals surface area (Å²) in [6.45, 7) is 6.47. The van der Waals surface area contributed by atoms with Gasteiger partial charge in [0.15, 0.2) is 5.82 Å². The van der Waals surface area contributed by atoms with E-state index in [-0.39, 0.29) is 5.95 Å². The number of hydrogen-bond acceptors (Lipinski definition) is 7. The van der Waals surface area contributed by atoms with Crippen molar-refractivity contribution in [1.82, 2.24) is 15.0 Å². The van der Waals surface area contributed by atoms with Gasteiger partial charge >= 0.3 is 0 Å². The van der Waals surface area contributed by atoms with Crippen molar-refractivity contribution in [3.8, 4) is 5.75 Å². The molecule has 0 amide bonds. The summed E-state index contributed by atoms with van der Waals surface area (Å²) in [5, 5.41) is 0. The van der Waals surface area contributed by atoms with Crippen molar-refractivity contribution in [2.24, 2.45) is 0 Å². The summed E-state index contributed by atoms with van der Waals surface area (Å²) in [6, 6.07) is 0. The van der Waals surface area contributed by atoms with Crippen molar-refractivity contribution in [3.63, 3.8) is 0 Å². The molecule has 0 atom stereocenters. The molecule has 1 aliphatic rings. The molecule has 0 fully saturated rings. The van der Waals surface area contributed by atoms with Gasteiger partial charge in [0, 0.05) is 37.5 Å². The molecule has 2 N–H and O–H groups in total. The Morgan fingerprint density at radius 3 is 2.74 bits per heavy atom. The highest BCUT2D eigenvalue weighted by molar-refractivity contribution is 5.69. The van der Waals surface area contributed by atoms with Gasteiger partial charge in [-0.3, -0.25) is 4.98 Å². The number of likely N-dealkylation sites (N-methyl/N-ethyl adjacent to an activating group) is 1. The zero-order valence-electron chi connectivity index (χ0n) is 14.0. The summed E-state index contributed by atoms with van der Waals surface area (Å²) in [5.41, 5.74) is 9.86. The highest BCUT2D eigenvalue weighted by Gasteiger charge is 2.24. The minimum atomic E-state index is 0.287. The second-order valence-corrected chi connectivity index (χ2v) is 5.83. The van der Waals surface area contributed by atoms with Gasteiger partial charge in [-0.2, -0.15) is 4.98 Å². The second kappa shape index (κ2) is 5.91. The van der Waals surface area contributed by atoms with Crippen molar-refractivity contribution in [1.29, 1.82) is 0 Å². The summed E-state index contributed by atoms with van der Waals surface area (Å²) in [6.07, 6.45) is 3.63. The van der Waals surface area contributed by atoms with Gasteiger partial charge in [-0.15, -0.1) is 0 Å². The van der Waals surface area contributed by atoms with Crippen LogP contribution in [0.25, 0.3) is 0 Å². The van der Waals surface area contributed by atoms with E-state index in [1.54, 1.807) is 13.3 Å². The van der Waals surface area contributed by atoms with Crippen molar-refractivity contribution in [2.75, 3.05) is 42.8 Å². The highest BCUT2D eigenvalue weighted by Crippen LogP contribution is 2.32. The maximum Gasteiger partial charge on any atom is 0.222 e. The van der Waals surface area contributed by atoms with Gasteiger partial charge in [0.1, 0.15) is 5.75 Å². The lowest BCUT2D eigenvalue weighted by Crippen LogP contribution is -2.40. The van der Waals surface area contributed by atoms with Crippen molar-refractivity contribution < 1.29 is 4.74 Å². The molecule has 3 rings (SSSR count). The van der Waals surface area contributed by atoms with E-state index in [1.165, 1.54) is 0 Å². The molecule has 1 aliphatic heterocycles. The number of fused-ring (bicyclic) bond motifs is 1. The predicted molar refractivity (Wildman–Crippen MR) is 91.0 cm³/mol. The van der Waals surface area contributed by atoms with Crippen LogP contribution < -0.4 is 20.3 Å². The maximum atomic E-state index is 5.78. The molecule has 2 aromatic heterocycles. The van der Waals surface area contributed by atoms with E-state index in [9.17, 15) is 0 Å². The lowest BCUT2D eigenvalue weighted by molar-refractivity contribution is 0.406. The molecule has 0 bridgehead atoms. The van der Waals surface area contributed by atoms with E-state index >= 15 is 0 Å². The monoisotopic (exact) mass is 314 g/mol. The number of rotatable bonds is 3. The lowest BCUT2D eigenvalue weighted by atomic mass is 10.1. The largest absolute Gasteiger partial charge is 0.496 e. The number of nitrogen functional groups attached to an aromatic ring is 1. The molecule has 23 heavy (non-hydrogen) atoms. The average Bonchev–Trinajstić information content (AvgIpc) is 2.53. The Kier molecular flexibility index (Phi) is 3.94. The molecule has 3 heterocycles. The van der Waals surface area contributed by atoms with Crippen LogP contribution in [0.5, 0.6) is 5.75 Å². The number of anilines is 3. The Hall–Kier alpha value is -2.57. The SMILES string of the molecule is COc1c(C)cnc(CN2CCN(C)c3cnc(N)nc32)c1C. The van der Waals surface area contributed by atoms with Crippen LogP contribution in [0, 0.1) is 13.8 Å². The number of ether oxygens (including phenoxy) is 1. The number of hydrogen-bond donors (Lipinski definition) is 1. The van der Waals surface area contributed by atoms with Gasteiger partial charge in [0.2, 0.25) is 5.95 Å². The molecule has 0 saturated heterocycles. The fourth-order valence-corrected chi connectivity index (χ4v) is 2.94. The molecule has 0 saturated carbocycles. The molecule has 0 radical (unpaired) electrons. The first-order valence-corrected chi connectivity index (χ1v) is 7.59. The third kappa shape index (κ3) is 2.74. The predicted octanol–water partition coefficient (Wildman–Crippen LogP) is 1.54. The van der Waals surface area contributed by atoms with Gasteiger partial charge in [-0.05, 0) is 13.8 Å². The second-order valence-electron chi connectivity index (χ2n) is 5.83. The van der Waals surface area contributed by atoms with Crippen LogP contribution >= 0.6 is 0 Å². The topological polar surface area (TPSA) is 80.4 Å². The number of methoxy groups -OCH3 is 1. The molecule has 122 valence electrons. The van der Waals surface area contributed by atoms with Crippen molar-refractivity contribution >= 4 is 17.5 Å². The van der Waals surface area contributed by atoms with E-state index < -0.39 is 0 Å². The maximum absolute atomic E-state index is 5.78. The zero-order chi connectivity index (χ0) is 16.6. The van der Waals surface area contributed by atoms with Gasteiger partial charge < -0.3 is 20.3 Å². The van der Waals surface area contributed by atoms with Crippen LogP contribution in [0.2, 0.25) is 0 Å². The number of aryl methyl sites for hydroxylation is 1. The molecule has 0 spiro atoms. The molecule has 2 aromatic rings. The van der Waals surface area contributed by atoms with Gasteiger partial charge in [-0.1, -0.05) is 0 Å². The zero-order valence-corrected chi connectivity index (χ0v) is 14.0. The van der Waals surface area contributed by atoms with E-state index in [0.717, 1.165) is 47.2 Å². The third-order valence-electron chi connectivity index (χ3n) is 4.28. The van der Waals surface area contributed by atoms with Crippen molar-refractivity contribution in [2.45, 2.75) is 20.4 Å². The summed E-state index contributed by atoms with van der Waals surface area (Å²) in [7, 11) is 3.73. The third-order valence-corrected chi connectivity index (χ3v) is 4.28. The van der Waals surface area contributed by atoms with Crippen LogP contribution in [0.15, 0.2) is 12.4 Å². The first kappa shape index (κ1) is 15.3. The smallest absolute Gasteiger partial charge is 0.222 e. The Morgan fingerprint density at radius 2 is 2.00 bits per heavy atom. The Balaban J connectivity index is 1.96.